The van der Waals surface area contributed by atoms with Crippen LogP contribution in [0.3, 0.4) is 0 Å². The average Bonchev–Trinajstić information content (AvgIpc) is 2.30. The fourth-order valence-corrected chi connectivity index (χ4v) is 1.81. The van der Waals surface area contributed by atoms with Gasteiger partial charge in [-0.25, -0.2) is 0 Å². The highest BCUT2D eigenvalue weighted by molar-refractivity contribution is 7.31. The molecule has 0 fully saturated rings. The molecule has 54 valence electrons. The van der Waals surface area contributed by atoms with Crippen molar-refractivity contribution in [3.05, 3.63) is 48.0 Å². The molecule has 2 rings (SSSR count). The minimum absolute atomic E-state index is 1.12. The molecule has 0 saturated heterocycles. The molecule has 0 amide bonds. The lowest BCUT2D eigenvalue weighted by atomic mass is 10.1. The van der Waals surface area contributed by atoms with Crippen molar-refractivity contribution >= 4 is 20.1 Å². The quantitative estimate of drug-likeness (QED) is 0.512. The Morgan fingerprint density at radius 3 is 2.36 bits per heavy atom. The highest BCUT2D eigenvalue weighted by Gasteiger charge is 2.11. The van der Waals surface area contributed by atoms with Gasteiger partial charge >= 0.3 is 0 Å². The maximum atomic E-state index is 3.96. The van der Waals surface area contributed by atoms with Crippen LogP contribution in [0.4, 0.5) is 0 Å². The van der Waals surface area contributed by atoms with E-state index in [1.165, 1.54) is 16.4 Å². The van der Waals surface area contributed by atoms with Crippen LogP contribution in [0.5, 0.6) is 0 Å². The van der Waals surface area contributed by atoms with Gasteiger partial charge in [-0.05, 0) is 28.1 Å². The SMILES string of the molecule is C=C1C=C(P)c2ccccc21. The molecule has 0 N–H and O–H groups in total. The van der Waals surface area contributed by atoms with E-state index in [1.807, 2.05) is 6.07 Å². The van der Waals surface area contributed by atoms with E-state index in [9.17, 15) is 0 Å². The number of rotatable bonds is 0. The van der Waals surface area contributed by atoms with E-state index >= 15 is 0 Å². The maximum absolute atomic E-state index is 3.96. The minimum atomic E-state index is 1.12. The molecule has 0 heterocycles. The zero-order valence-corrected chi connectivity index (χ0v) is 7.33. The van der Waals surface area contributed by atoms with Gasteiger partial charge in [0.1, 0.15) is 0 Å². The Balaban J connectivity index is 2.71. The smallest absolute Gasteiger partial charge is 0.0106 e. The third-order valence-electron chi connectivity index (χ3n) is 1.91. The Hall–Kier alpha value is -0.870. The molecule has 1 atom stereocenters. The molecule has 11 heavy (non-hydrogen) atoms. The van der Waals surface area contributed by atoms with E-state index in [4.69, 9.17) is 0 Å². The summed E-state index contributed by atoms with van der Waals surface area (Å²) in [6.45, 7) is 3.96. The largest absolute Gasteiger partial charge is 0.105 e. The second kappa shape index (κ2) is 2.32. The summed E-state index contributed by atoms with van der Waals surface area (Å²) in [4.78, 5) is 0. The predicted molar refractivity (Wildman–Crippen MR) is 53.2 cm³/mol. The first-order chi connectivity index (χ1) is 5.29. The van der Waals surface area contributed by atoms with Crippen LogP contribution in [0.2, 0.25) is 0 Å². The third-order valence-corrected chi connectivity index (χ3v) is 2.39. The summed E-state index contributed by atoms with van der Waals surface area (Å²) in [6.07, 6.45) is 2.09. The fraction of sp³-hybridized carbons (Fsp3) is 0. The molecule has 0 radical (unpaired) electrons. The van der Waals surface area contributed by atoms with Gasteiger partial charge in [0.15, 0.2) is 0 Å². The Kier molecular flexibility index (Phi) is 1.44. The van der Waals surface area contributed by atoms with Crippen LogP contribution < -0.4 is 0 Å². The first-order valence-electron chi connectivity index (χ1n) is 3.55. The summed E-state index contributed by atoms with van der Waals surface area (Å²) >= 11 is 0. The Bertz CT molecular complexity index is 348. The summed E-state index contributed by atoms with van der Waals surface area (Å²) in [5.41, 5.74) is 3.67. The van der Waals surface area contributed by atoms with Gasteiger partial charge in [-0.3, -0.25) is 0 Å². The van der Waals surface area contributed by atoms with Gasteiger partial charge in [-0.1, -0.05) is 30.8 Å². The van der Waals surface area contributed by atoms with Gasteiger partial charge in [0.25, 0.3) is 0 Å². The Morgan fingerprint density at radius 1 is 1.09 bits per heavy atom. The second-order valence-electron chi connectivity index (χ2n) is 2.67. The van der Waals surface area contributed by atoms with E-state index < -0.39 is 0 Å². The van der Waals surface area contributed by atoms with E-state index in [0.29, 0.717) is 0 Å². The number of benzene rings is 1. The lowest BCUT2D eigenvalue weighted by Gasteiger charge is -1.98. The van der Waals surface area contributed by atoms with Crippen molar-refractivity contribution in [1.29, 1.82) is 0 Å². The van der Waals surface area contributed by atoms with E-state index in [-0.39, 0.29) is 0 Å². The molecule has 1 aromatic carbocycles. The molecule has 0 saturated carbocycles. The monoisotopic (exact) mass is 160 g/mol. The zero-order chi connectivity index (χ0) is 7.84. The number of hydrogen-bond donors (Lipinski definition) is 0. The molecule has 1 aromatic rings. The molecule has 1 aliphatic rings. The second-order valence-corrected chi connectivity index (χ2v) is 3.29. The lowest BCUT2D eigenvalue weighted by Crippen LogP contribution is -1.77. The molecule has 1 unspecified atom stereocenters. The minimum Gasteiger partial charge on any atom is -0.105 e. The topological polar surface area (TPSA) is 0 Å². The van der Waals surface area contributed by atoms with Crippen LogP contribution in [0.1, 0.15) is 11.1 Å². The standard InChI is InChI=1S/C10H9P/c1-7-6-10(11)9-5-3-2-4-8(7)9/h2-6H,1,11H2. The van der Waals surface area contributed by atoms with Crippen LogP contribution in [0, 0.1) is 0 Å². The molecule has 0 nitrogen and oxygen atoms in total. The number of fused-ring (bicyclic) bond motifs is 1. The van der Waals surface area contributed by atoms with E-state index in [1.54, 1.807) is 0 Å². The van der Waals surface area contributed by atoms with Gasteiger partial charge in [0, 0.05) is 0 Å². The molecule has 1 heteroatoms. The first kappa shape index (κ1) is 6.82. The first-order valence-corrected chi connectivity index (χ1v) is 4.12. The highest BCUT2D eigenvalue weighted by Crippen LogP contribution is 2.37. The summed E-state index contributed by atoms with van der Waals surface area (Å²) < 4.78 is 0. The Labute approximate surface area is 68.8 Å². The van der Waals surface area contributed by atoms with Gasteiger partial charge in [-0.2, -0.15) is 0 Å². The van der Waals surface area contributed by atoms with Crippen molar-refractivity contribution in [2.45, 2.75) is 0 Å². The van der Waals surface area contributed by atoms with Crippen LogP contribution >= 0.6 is 9.24 Å². The lowest BCUT2D eigenvalue weighted by molar-refractivity contribution is 1.62. The molecule has 1 aliphatic carbocycles. The van der Waals surface area contributed by atoms with Crippen LogP contribution in [-0.4, -0.2) is 0 Å². The van der Waals surface area contributed by atoms with Gasteiger partial charge in [-0.15, -0.1) is 9.24 Å². The molecule has 0 aliphatic heterocycles. The predicted octanol–water partition coefficient (Wildman–Crippen LogP) is 2.93. The van der Waals surface area contributed by atoms with Crippen LogP contribution in [0.25, 0.3) is 10.9 Å². The zero-order valence-electron chi connectivity index (χ0n) is 6.17. The molecule has 0 spiro atoms. The normalized spacial score (nSPS) is 14.6. The summed E-state index contributed by atoms with van der Waals surface area (Å²) in [6, 6.07) is 8.31. The van der Waals surface area contributed by atoms with Gasteiger partial charge in [0.2, 0.25) is 0 Å². The number of hydrogen-bond acceptors (Lipinski definition) is 0. The van der Waals surface area contributed by atoms with E-state index in [0.717, 1.165) is 5.57 Å². The molecule has 0 bridgehead atoms. The third kappa shape index (κ3) is 0.948. The Morgan fingerprint density at radius 2 is 1.73 bits per heavy atom. The summed E-state index contributed by atoms with van der Waals surface area (Å²) in [7, 11) is 2.72. The summed E-state index contributed by atoms with van der Waals surface area (Å²) in [5, 5.41) is 1.24. The van der Waals surface area contributed by atoms with Crippen molar-refractivity contribution in [3.63, 3.8) is 0 Å². The average molecular weight is 160 g/mol. The van der Waals surface area contributed by atoms with Crippen LogP contribution in [-0.2, 0) is 0 Å². The van der Waals surface area contributed by atoms with Gasteiger partial charge in [0.05, 0.1) is 0 Å². The van der Waals surface area contributed by atoms with Gasteiger partial charge < -0.3 is 0 Å². The van der Waals surface area contributed by atoms with E-state index in [2.05, 4.69) is 40.1 Å². The van der Waals surface area contributed by atoms with Crippen molar-refractivity contribution in [1.82, 2.24) is 0 Å². The van der Waals surface area contributed by atoms with Crippen molar-refractivity contribution in [3.8, 4) is 0 Å². The molecule has 0 aromatic heterocycles. The highest BCUT2D eigenvalue weighted by atomic mass is 31.0. The van der Waals surface area contributed by atoms with Crippen molar-refractivity contribution < 1.29 is 0 Å². The summed E-state index contributed by atoms with van der Waals surface area (Å²) in [5.74, 6) is 0. The molecular weight excluding hydrogens is 151 g/mol. The van der Waals surface area contributed by atoms with Crippen molar-refractivity contribution in [2.75, 3.05) is 0 Å². The molecular formula is C10H9P. The van der Waals surface area contributed by atoms with Crippen molar-refractivity contribution in [2.24, 2.45) is 0 Å². The fourth-order valence-electron chi connectivity index (χ4n) is 1.36. The maximum Gasteiger partial charge on any atom is -0.0106 e. The van der Waals surface area contributed by atoms with Crippen LogP contribution in [0.15, 0.2) is 36.9 Å². The number of allylic oxidation sites excluding steroid dienone is 2.